The molecule has 0 aliphatic rings. The molecule has 6 heteroatoms. The first-order valence-corrected chi connectivity index (χ1v) is 6.35. The van der Waals surface area contributed by atoms with Crippen LogP contribution in [0.5, 0.6) is 0 Å². The van der Waals surface area contributed by atoms with Gasteiger partial charge in [0.25, 0.3) is 0 Å². The highest BCUT2D eigenvalue weighted by atomic mass is 16.5. The molecule has 6 nitrogen and oxygen atoms in total. The van der Waals surface area contributed by atoms with Crippen LogP contribution in [0.25, 0.3) is 0 Å². The molecule has 110 valence electrons. The molecule has 2 N–H and O–H groups in total. The maximum absolute atomic E-state index is 11.8. The lowest BCUT2D eigenvalue weighted by atomic mass is 10.1. The number of carbonyl (C=O) groups is 2. The summed E-state index contributed by atoms with van der Waals surface area (Å²) in [6.45, 7) is 0.0625. The predicted molar refractivity (Wildman–Crippen MR) is 78.4 cm³/mol. The summed E-state index contributed by atoms with van der Waals surface area (Å²) in [5.41, 5.74) is 0.950. The molecule has 0 saturated carbocycles. The summed E-state index contributed by atoms with van der Waals surface area (Å²) >= 11 is 0. The molecule has 1 amide bonds. The molecule has 0 fully saturated rings. The minimum absolute atomic E-state index is 0.0182. The minimum atomic E-state index is -1.21. The van der Waals surface area contributed by atoms with Crippen LogP contribution in [0.1, 0.15) is 21.5 Å². The molecule has 0 radical (unpaired) electrons. The third-order valence-corrected chi connectivity index (χ3v) is 2.83. The summed E-state index contributed by atoms with van der Waals surface area (Å²) in [6, 6.07) is 14.9. The van der Waals surface area contributed by atoms with Gasteiger partial charge in [-0.3, -0.25) is 5.32 Å². The fourth-order valence-electron chi connectivity index (χ4n) is 1.77. The maximum Gasteiger partial charge on any atom is 0.411 e. The number of amides is 1. The van der Waals surface area contributed by atoms with Crippen molar-refractivity contribution in [1.82, 2.24) is 0 Å². The van der Waals surface area contributed by atoms with Gasteiger partial charge in [-0.2, -0.15) is 5.26 Å². The van der Waals surface area contributed by atoms with E-state index in [1.807, 2.05) is 24.3 Å². The van der Waals surface area contributed by atoms with Gasteiger partial charge in [0.15, 0.2) is 0 Å². The van der Waals surface area contributed by atoms with Crippen molar-refractivity contribution in [3.8, 4) is 6.07 Å². The smallest absolute Gasteiger partial charge is 0.411 e. The maximum atomic E-state index is 11.8. The van der Waals surface area contributed by atoms with Crippen LogP contribution >= 0.6 is 0 Å². The molecule has 2 aromatic rings. The molecule has 2 aromatic carbocycles. The van der Waals surface area contributed by atoms with Crippen LogP contribution in [0.15, 0.2) is 48.5 Å². The third-order valence-electron chi connectivity index (χ3n) is 2.83. The molecule has 0 aliphatic heterocycles. The Balaban J connectivity index is 2.07. The highest BCUT2D eigenvalue weighted by Crippen LogP contribution is 2.18. The highest BCUT2D eigenvalue weighted by molar-refractivity contribution is 5.99. The van der Waals surface area contributed by atoms with Crippen molar-refractivity contribution in [3.63, 3.8) is 0 Å². The minimum Gasteiger partial charge on any atom is -0.478 e. The van der Waals surface area contributed by atoms with Gasteiger partial charge in [-0.05, 0) is 23.8 Å². The Labute approximate surface area is 126 Å². The number of aromatic carboxylic acids is 1. The van der Waals surface area contributed by atoms with Gasteiger partial charge in [0.2, 0.25) is 0 Å². The molecule has 0 saturated heterocycles. The van der Waals surface area contributed by atoms with E-state index in [0.717, 1.165) is 5.56 Å². The lowest BCUT2D eigenvalue weighted by Gasteiger charge is -2.09. The first-order valence-electron chi connectivity index (χ1n) is 6.35. The zero-order chi connectivity index (χ0) is 15.9. The van der Waals surface area contributed by atoms with Crippen LogP contribution in [-0.2, 0) is 11.3 Å². The van der Waals surface area contributed by atoms with E-state index in [1.54, 1.807) is 12.1 Å². The van der Waals surface area contributed by atoms with E-state index < -0.39 is 12.1 Å². The summed E-state index contributed by atoms with van der Waals surface area (Å²) in [4.78, 5) is 22.9. The molecular formula is C16H12N2O4. The first-order chi connectivity index (χ1) is 10.6. The van der Waals surface area contributed by atoms with Gasteiger partial charge in [-0.15, -0.1) is 0 Å². The number of anilines is 1. The van der Waals surface area contributed by atoms with Crippen LogP contribution in [0, 0.1) is 11.3 Å². The number of hydrogen-bond acceptors (Lipinski definition) is 4. The normalized spacial score (nSPS) is 9.59. The largest absolute Gasteiger partial charge is 0.478 e. The lowest BCUT2D eigenvalue weighted by Crippen LogP contribution is -2.16. The second-order valence-corrected chi connectivity index (χ2v) is 4.36. The second-order valence-electron chi connectivity index (χ2n) is 4.36. The number of carboxylic acids is 1. The molecule has 22 heavy (non-hydrogen) atoms. The van der Waals surface area contributed by atoms with Crippen molar-refractivity contribution in [1.29, 1.82) is 5.26 Å². The zero-order valence-corrected chi connectivity index (χ0v) is 11.4. The van der Waals surface area contributed by atoms with Crippen LogP contribution in [0.2, 0.25) is 0 Å². The number of carboxylic acid groups (broad SMARTS) is 1. The van der Waals surface area contributed by atoms with Crippen LogP contribution in [-0.4, -0.2) is 17.2 Å². The molecule has 2 rings (SSSR count). The molecule has 0 unspecified atom stereocenters. The van der Waals surface area contributed by atoms with Gasteiger partial charge in [-0.25, -0.2) is 9.59 Å². The fourth-order valence-corrected chi connectivity index (χ4v) is 1.77. The predicted octanol–water partition coefficient (Wildman–Crippen LogP) is 3.01. The first kappa shape index (κ1) is 15.1. The molecule has 0 atom stereocenters. The Morgan fingerprint density at radius 2 is 1.91 bits per heavy atom. The van der Waals surface area contributed by atoms with Crippen molar-refractivity contribution < 1.29 is 19.4 Å². The Kier molecular flexibility index (Phi) is 4.73. The molecule has 0 spiro atoms. The molecule has 0 aliphatic carbocycles. The van der Waals surface area contributed by atoms with Crippen molar-refractivity contribution in [2.75, 3.05) is 5.32 Å². The van der Waals surface area contributed by atoms with E-state index in [9.17, 15) is 9.59 Å². The van der Waals surface area contributed by atoms with Gasteiger partial charge in [0.05, 0.1) is 22.9 Å². The topological polar surface area (TPSA) is 99.4 Å². The van der Waals surface area contributed by atoms with Gasteiger partial charge in [-0.1, -0.05) is 30.3 Å². The molecule has 0 heterocycles. The molecular weight excluding hydrogens is 284 g/mol. The average molecular weight is 296 g/mol. The second kappa shape index (κ2) is 6.90. The van der Waals surface area contributed by atoms with E-state index in [1.165, 1.54) is 18.2 Å². The number of benzene rings is 2. The summed E-state index contributed by atoms with van der Waals surface area (Å²) in [5.74, 6) is -1.21. The van der Waals surface area contributed by atoms with Crippen LogP contribution in [0.3, 0.4) is 0 Å². The quantitative estimate of drug-likeness (QED) is 0.903. The number of carbonyl (C=O) groups excluding carboxylic acids is 1. The molecule has 0 aromatic heterocycles. The Morgan fingerprint density at radius 1 is 1.18 bits per heavy atom. The number of rotatable bonds is 4. The summed E-state index contributed by atoms with van der Waals surface area (Å²) in [7, 11) is 0. The number of ether oxygens (including phenoxy) is 1. The highest BCUT2D eigenvalue weighted by Gasteiger charge is 2.14. The van der Waals surface area contributed by atoms with Crippen molar-refractivity contribution in [3.05, 3.63) is 65.2 Å². The van der Waals surface area contributed by atoms with Crippen molar-refractivity contribution in [2.45, 2.75) is 6.61 Å². The third kappa shape index (κ3) is 3.84. The SMILES string of the molecule is N#Cc1ccc(C(=O)O)c(NC(=O)OCc2ccccc2)c1. The zero-order valence-electron chi connectivity index (χ0n) is 11.4. The van der Waals surface area contributed by atoms with Gasteiger partial charge < -0.3 is 9.84 Å². The van der Waals surface area contributed by atoms with Gasteiger partial charge in [0, 0.05) is 0 Å². The average Bonchev–Trinajstić information content (AvgIpc) is 2.53. The molecule has 0 bridgehead atoms. The number of nitriles is 1. The van der Waals surface area contributed by atoms with Gasteiger partial charge >= 0.3 is 12.1 Å². The van der Waals surface area contributed by atoms with Crippen LogP contribution in [0.4, 0.5) is 10.5 Å². The monoisotopic (exact) mass is 296 g/mol. The standard InChI is InChI=1S/C16H12N2O4/c17-9-12-6-7-13(15(19)20)14(8-12)18-16(21)22-10-11-4-2-1-3-5-11/h1-8H,10H2,(H,18,21)(H,19,20). The number of nitrogens with zero attached hydrogens (tertiary/aromatic N) is 1. The van der Waals surface area contributed by atoms with E-state index in [0.29, 0.717) is 0 Å². The van der Waals surface area contributed by atoms with E-state index in [-0.39, 0.29) is 23.4 Å². The van der Waals surface area contributed by atoms with E-state index in [2.05, 4.69) is 5.32 Å². The van der Waals surface area contributed by atoms with E-state index in [4.69, 9.17) is 15.1 Å². The summed E-state index contributed by atoms with van der Waals surface area (Å²) in [5, 5.41) is 20.3. The van der Waals surface area contributed by atoms with Gasteiger partial charge in [0.1, 0.15) is 6.61 Å². The Bertz CT molecular complexity index is 736. The lowest BCUT2D eigenvalue weighted by molar-refractivity contribution is 0.0698. The van der Waals surface area contributed by atoms with Crippen LogP contribution < -0.4 is 5.32 Å². The Hall–Kier alpha value is -3.33. The number of hydrogen-bond donors (Lipinski definition) is 2. The summed E-state index contributed by atoms with van der Waals surface area (Å²) in [6.07, 6.45) is -0.790. The van der Waals surface area contributed by atoms with Crippen molar-refractivity contribution >= 4 is 17.7 Å². The van der Waals surface area contributed by atoms with E-state index >= 15 is 0 Å². The number of nitrogens with one attached hydrogen (secondary N) is 1. The van der Waals surface area contributed by atoms with Crippen molar-refractivity contribution in [2.24, 2.45) is 0 Å². The fraction of sp³-hybridized carbons (Fsp3) is 0.0625. The summed E-state index contributed by atoms with van der Waals surface area (Å²) < 4.78 is 5.01. The Morgan fingerprint density at radius 3 is 2.55 bits per heavy atom.